The fourth-order valence-corrected chi connectivity index (χ4v) is 2.18. The van der Waals surface area contributed by atoms with Gasteiger partial charge in [-0.05, 0) is 35.9 Å². The van der Waals surface area contributed by atoms with Crippen molar-refractivity contribution in [2.24, 2.45) is 0 Å². The highest BCUT2D eigenvalue weighted by atomic mass is 16.5. The summed E-state index contributed by atoms with van der Waals surface area (Å²) in [5, 5.41) is 9.44. The van der Waals surface area contributed by atoms with Crippen LogP contribution in [0.3, 0.4) is 0 Å². The van der Waals surface area contributed by atoms with Crippen LogP contribution in [0, 0.1) is 0 Å². The minimum absolute atomic E-state index is 0.0626. The van der Waals surface area contributed by atoms with E-state index in [1.165, 1.54) is 12.1 Å². The summed E-state index contributed by atoms with van der Waals surface area (Å²) in [4.78, 5) is 12.2. The summed E-state index contributed by atoms with van der Waals surface area (Å²) in [7, 11) is 0. The molecule has 0 saturated carbocycles. The van der Waals surface area contributed by atoms with Gasteiger partial charge in [-0.1, -0.05) is 24.8 Å². The number of ketones is 1. The zero-order valence-electron chi connectivity index (χ0n) is 11.8. The third-order valence-electron chi connectivity index (χ3n) is 3.18. The van der Waals surface area contributed by atoms with E-state index >= 15 is 0 Å². The molecule has 1 aliphatic heterocycles. The van der Waals surface area contributed by atoms with Gasteiger partial charge in [-0.15, -0.1) is 0 Å². The molecule has 1 N–H and O–H groups in total. The molecule has 0 atom stereocenters. The van der Waals surface area contributed by atoms with Crippen molar-refractivity contribution >= 4 is 11.9 Å². The molecule has 0 spiro atoms. The van der Waals surface area contributed by atoms with Crippen LogP contribution in [0.4, 0.5) is 0 Å². The maximum absolute atomic E-state index is 12.2. The summed E-state index contributed by atoms with van der Waals surface area (Å²) in [5.74, 6) is 1.15. The van der Waals surface area contributed by atoms with E-state index in [9.17, 15) is 9.90 Å². The van der Waals surface area contributed by atoms with E-state index in [1.807, 2.05) is 24.3 Å². The van der Waals surface area contributed by atoms with Gasteiger partial charge in [0.25, 0.3) is 0 Å². The topological polar surface area (TPSA) is 55.8 Å². The number of carbonyl (C=O) groups is 1. The van der Waals surface area contributed by atoms with Gasteiger partial charge in [0.1, 0.15) is 23.9 Å². The molecule has 0 unspecified atom stereocenters. The van der Waals surface area contributed by atoms with Gasteiger partial charge in [0.2, 0.25) is 5.78 Å². The van der Waals surface area contributed by atoms with Crippen molar-refractivity contribution < 1.29 is 19.4 Å². The van der Waals surface area contributed by atoms with Crippen LogP contribution in [-0.4, -0.2) is 17.5 Å². The van der Waals surface area contributed by atoms with Gasteiger partial charge in [-0.3, -0.25) is 4.79 Å². The summed E-state index contributed by atoms with van der Waals surface area (Å²) < 4.78 is 11.0. The number of hydrogen-bond donors (Lipinski definition) is 1. The molecule has 0 bridgehead atoms. The van der Waals surface area contributed by atoms with E-state index in [0.29, 0.717) is 23.7 Å². The van der Waals surface area contributed by atoms with Crippen molar-refractivity contribution in [1.82, 2.24) is 0 Å². The highest BCUT2D eigenvalue weighted by Crippen LogP contribution is 2.34. The lowest BCUT2D eigenvalue weighted by molar-refractivity contribution is 0.101. The van der Waals surface area contributed by atoms with Gasteiger partial charge in [-0.25, -0.2) is 0 Å². The standard InChI is InChI=1S/C18H14O4/c1-2-8-21-14-5-3-4-12(9-14)10-17-18(20)15-7-6-13(19)11-16(15)22-17/h2-7,9-11,19H,1,8H2. The van der Waals surface area contributed by atoms with E-state index < -0.39 is 0 Å². The zero-order chi connectivity index (χ0) is 15.5. The Balaban J connectivity index is 1.88. The molecule has 3 rings (SSSR count). The molecule has 110 valence electrons. The Hall–Kier alpha value is -3.01. The Labute approximate surface area is 127 Å². The minimum atomic E-state index is -0.201. The largest absolute Gasteiger partial charge is 0.508 e. The number of carbonyl (C=O) groups excluding carboxylic acids is 1. The van der Waals surface area contributed by atoms with E-state index in [4.69, 9.17) is 9.47 Å². The average molecular weight is 294 g/mol. The number of rotatable bonds is 4. The highest BCUT2D eigenvalue weighted by molar-refractivity contribution is 6.14. The molecular formula is C18H14O4. The SMILES string of the molecule is C=CCOc1cccc(C=C2Oc3cc(O)ccc3C2=O)c1. The summed E-state index contributed by atoms with van der Waals surface area (Å²) in [6, 6.07) is 11.8. The van der Waals surface area contributed by atoms with Gasteiger partial charge in [0.05, 0.1) is 5.56 Å². The summed E-state index contributed by atoms with van der Waals surface area (Å²) >= 11 is 0. The smallest absolute Gasteiger partial charge is 0.231 e. The van der Waals surface area contributed by atoms with Gasteiger partial charge in [0.15, 0.2) is 5.76 Å². The van der Waals surface area contributed by atoms with Crippen LogP contribution in [0.2, 0.25) is 0 Å². The average Bonchev–Trinajstić information content (AvgIpc) is 2.81. The molecule has 2 aromatic rings. The summed E-state index contributed by atoms with van der Waals surface area (Å²) in [5.41, 5.74) is 1.24. The molecule has 1 heterocycles. The van der Waals surface area contributed by atoms with E-state index in [-0.39, 0.29) is 17.3 Å². The first-order chi connectivity index (χ1) is 10.7. The second-order valence-corrected chi connectivity index (χ2v) is 4.79. The number of hydrogen-bond acceptors (Lipinski definition) is 4. The van der Waals surface area contributed by atoms with E-state index in [2.05, 4.69) is 6.58 Å². The first-order valence-corrected chi connectivity index (χ1v) is 6.78. The number of phenols is 1. The second-order valence-electron chi connectivity index (χ2n) is 4.79. The van der Waals surface area contributed by atoms with Gasteiger partial charge >= 0.3 is 0 Å². The van der Waals surface area contributed by atoms with Gasteiger partial charge in [0, 0.05) is 6.07 Å². The zero-order valence-corrected chi connectivity index (χ0v) is 11.8. The Morgan fingerprint density at radius 3 is 2.91 bits per heavy atom. The second kappa shape index (κ2) is 5.77. The highest BCUT2D eigenvalue weighted by Gasteiger charge is 2.27. The summed E-state index contributed by atoms with van der Waals surface area (Å²) in [6.45, 7) is 4.02. The molecule has 22 heavy (non-hydrogen) atoms. The van der Waals surface area contributed by atoms with Crippen molar-refractivity contribution in [3.8, 4) is 17.2 Å². The van der Waals surface area contributed by atoms with Crippen molar-refractivity contribution in [2.75, 3.05) is 6.61 Å². The van der Waals surface area contributed by atoms with Crippen LogP contribution in [0.25, 0.3) is 6.08 Å². The maximum Gasteiger partial charge on any atom is 0.231 e. The van der Waals surface area contributed by atoms with E-state index in [1.54, 1.807) is 18.2 Å². The third-order valence-corrected chi connectivity index (χ3v) is 3.18. The van der Waals surface area contributed by atoms with Crippen molar-refractivity contribution in [2.45, 2.75) is 0 Å². The first-order valence-electron chi connectivity index (χ1n) is 6.78. The first kappa shape index (κ1) is 13.9. The minimum Gasteiger partial charge on any atom is -0.508 e. The molecule has 0 aromatic heterocycles. The molecule has 4 nitrogen and oxygen atoms in total. The number of benzene rings is 2. The number of allylic oxidation sites excluding steroid dienone is 1. The lowest BCUT2D eigenvalue weighted by Gasteiger charge is -2.04. The summed E-state index contributed by atoms with van der Waals surface area (Å²) in [6.07, 6.45) is 3.32. The van der Waals surface area contributed by atoms with Crippen LogP contribution in [0.15, 0.2) is 60.9 Å². The molecule has 0 fully saturated rings. The Bertz CT molecular complexity index is 774. The molecule has 0 aliphatic carbocycles. The predicted octanol–water partition coefficient (Wildman–Crippen LogP) is 3.57. The van der Waals surface area contributed by atoms with Gasteiger partial charge in [-0.2, -0.15) is 0 Å². The van der Waals surface area contributed by atoms with Gasteiger partial charge < -0.3 is 14.6 Å². The molecule has 0 amide bonds. The number of ether oxygens (including phenoxy) is 2. The Kier molecular flexibility index (Phi) is 3.66. The molecule has 0 radical (unpaired) electrons. The van der Waals surface area contributed by atoms with Crippen LogP contribution in [0.5, 0.6) is 17.2 Å². The normalized spacial score (nSPS) is 14.5. The Morgan fingerprint density at radius 1 is 1.23 bits per heavy atom. The predicted molar refractivity (Wildman–Crippen MR) is 83.2 cm³/mol. The van der Waals surface area contributed by atoms with Crippen LogP contribution < -0.4 is 9.47 Å². The van der Waals surface area contributed by atoms with Crippen LogP contribution >= 0.6 is 0 Å². The van der Waals surface area contributed by atoms with Crippen LogP contribution in [0.1, 0.15) is 15.9 Å². The quantitative estimate of drug-likeness (QED) is 0.692. The number of fused-ring (bicyclic) bond motifs is 1. The lowest BCUT2D eigenvalue weighted by atomic mass is 10.1. The molecule has 1 aliphatic rings. The number of phenolic OH excluding ortho intramolecular Hbond substituents is 1. The fourth-order valence-electron chi connectivity index (χ4n) is 2.18. The lowest BCUT2D eigenvalue weighted by Crippen LogP contribution is -1.98. The fraction of sp³-hybridized carbons (Fsp3) is 0.0556. The number of Topliss-reactive ketones (excluding diaryl/α,β-unsaturated/α-hetero) is 1. The monoisotopic (exact) mass is 294 g/mol. The number of aromatic hydroxyl groups is 1. The van der Waals surface area contributed by atoms with Crippen molar-refractivity contribution in [1.29, 1.82) is 0 Å². The van der Waals surface area contributed by atoms with E-state index in [0.717, 1.165) is 5.56 Å². The molecule has 4 heteroatoms. The molecule has 2 aromatic carbocycles. The molecule has 0 saturated heterocycles. The maximum atomic E-state index is 12.2. The van der Waals surface area contributed by atoms with Crippen molar-refractivity contribution in [3.05, 3.63) is 72.0 Å². The van der Waals surface area contributed by atoms with Crippen molar-refractivity contribution in [3.63, 3.8) is 0 Å². The Morgan fingerprint density at radius 2 is 2.09 bits per heavy atom. The molecular weight excluding hydrogens is 280 g/mol. The third kappa shape index (κ3) is 2.72. The van der Waals surface area contributed by atoms with Crippen LogP contribution in [-0.2, 0) is 0 Å².